The molecule has 0 fully saturated rings. The van der Waals surface area contributed by atoms with Crippen molar-refractivity contribution in [1.29, 1.82) is 0 Å². The van der Waals surface area contributed by atoms with Gasteiger partial charge >= 0.3 is 5.97 Å². The van der Waals surface area contributed by atoms with E-state index >= 15 is 0 Å². The molecule has 0 bridgehead atoms. The summed E-state index contributed by atoms with van der Waals surface area (Å²) in [4.78, 5) is 13.7. The van der Waals surface area contributed by atoms with Crippen LogP contribution in [0.25, 0.3) is 0 Å². The number of carboxylic acid groups (broad SMARTS) is 1. The zero-order chi connectivity index (χ0) is 14.6. The predicted octanol–water partition coefficient (Wildman–Crippen LogP) is 3.49. The van der Waals surface area contributed by atoms with Crippen LogP contribution in [0.1, 0.15) is 28.9 Å². The summed E-state index contributed by atoms with van der Waals surface area (Å²) in [6.07, 6.45) is 8.25. The second-order valence-corrected chi connectivity index (χ2v) is 5.81. The van der Waals surface area contributed by atoms with Gasteiger partial charge in [0, 0.05) is 22.6 Å². The van der Waals surface area contributed by atoms with Crippen LogP contribution in [0.5, 0.6) is 0 Å². The van der Waals surface area contributed by atoms with Gasteiger partial charge in [0.1, 0.15) is 11.2 Å². The van der Waals surface area contributed by atoms with E-state index in [0.717, 1.165) is 9.75 Å². The summed E-state index contributed by atoms with van der Waals surface area (Å²) in [5.74, 6) is 2.44. The number of hydrogen-bond donors (Lipinski definition) is 1. The Morgan fingerprint density at radius 1 is 1.50 bits per heavy atom. The summed E-state index contributed by atoms with van der Waals surface area (Å²) in [6, 6.07) is 7.37. The molecule has 1 unspecified atom stereocenters. The van der Waals surface area contributed by atoms with Gasteiger partial charge < -0.3 is 9.52 Å². The van der Waals surface area contributed by atoms with Crippen LogP contribution in [0.2, 0.25) is 0 Å². The number of carbonyl (C=O) groups is 1. The molecule has 3 nitrogen and oxygen atoms in total. The molecule has 0 aliphatic heterocycles. The van der Waals surface area contributed by atoms with Crippen LogP contribution in [0.4, 0.5) is 0 Å². The smallest absolute Gasteiger partial charge is 0.315 e. The standard InChI is InChI=1S/C16H16O3S/c1-3-6-13-8-9-14(20-13)16(4-2,15(17)18)11-12-7-5-10-19-12/h1,5,7-10H,4,6,11H2,2H3,(H,17,18). The first-order valence-corrected chi connectivity index (χ1v) is 7.22. The Kier molecular flexibility index (Phi) is 4.31. The van der Waals surface area contributed by atoms with Gasteiger partial charge in [-0.1, -0.05) is 6.92 Å². The van der Waals surface area contributed by atoms with Crippen molar-refractivity contribution in [2.45, 2.75) is 31.6 Å². The van der Waals surface area contributed by atoms with Gasteiger partial charge in [0.2, 0.25) is 0 Å². The minimum absolute atomic E-state index is 0.349. The highest BCUT2D eigenvalue weighted by Gasteiger charge is 2.41. The molecule has 0 saturated carbocycles. The van der Waals surface area contributed by atoms with Crippen molar-refractivity contribution in [3.05, 3.63) is 46.0 Å². The summed E-state index contributed by atoms with van der Waals surface area (Å²) < 4.78 is 5.33. The van der Waals surface area contributed by atoms with Crippen LogP contribution in [-0.2, 0) is 23.1 Å². The fraction of sp³-hybridized carbons (Fsp3) is 0.312. The SMILES string of the molecule is C#CCc1ccc(C(CC)(Cc2ccco2)C(=O)O)s1. The lowest BCUT2D eigenvalue weighted by Crippen LogP contribution is -2.36. The fourth-order valence-corrected chi connectivity index (χ4v) is 3.47. The largest absolute Gasteiger partial charge is 0.481 e. The molecule has 0 radical (unpaired) electrons. The summed E-state index contributed by atoms with van der Waals surface area (Å²) in [5, 5.41) is 9.74. The molecule has 2 aromatic rings. The van der Waals surface area contributed by atoms with Crippen molar-refractivity contribution in [2.24, 2.45) is 0 Å². The van der Waals surface area contributed by atoms with Crippen molar-refractivity contribution in [3.8, 4) is 12.3 Å². The lowest BCUT2D eigenvalue weighted by Gasteiger charge is -2.26. The Hall–Kier alpha value is -1.99. The first kappa shape index (κ1) is 14.4. The summed E-state index contributed by atoms with van der Waals surface area (Å²) in [7, 11) is 0. The highest BCUT2D eigenvalue weighted by Crippen LogP contribution is 2.37. The van der Waals surface area contributed by atoms with E-state index in [-0.39, 0.29) is 0 Å². The van der Waals surface area contributed by atoms with Crippen molar-refractivity contribution in [3.63, 3.8) is 0 Å². The first-order chi connectivity index (χ1) is 9.62. The molecule has 1 atom stereocenters. The minimum Gasteiger partial charge on any atom is -0.481 e. The van der Waals surface area contributed by atoms with Gasteiger partial charge in [-0.05, 0) is 30.7 Å². The molecular weight excluding hydrogens is 272 g/mol. The van der Waals surface area contributed by atoms with Gasteiger partial charge in [-0.15, -0.1) is 23.7 Å². The average molecular weight is 288 g/mol. The normalized spacial score (nSPS) is 13.6. The third kappa shape index (κ3) is 2.63. The third-order valence-corrected chi connectivity index (χ3v) is 4.77. The molecule has 0 aliphatic carbocycles. The molecule has 2 aromatic heterocycles. The van der Waals surface area contributed by atoms with E-state index in [0.29, 0.717) is 25.0 Å². The van der Waals surface area contributed by atoms with Crippen LogP contribution in [0, 0.1) is 12.3 Å². The molecular formula is C16H16O3S. The highest BCUT2D eigenvalue weighted by atomic mass is 32.1. The van der Waals surface area contributed by atoms with Crippen molar-refractivity contribution < 1.29 is 14.3 Å². The monoisotopic (exact) mass is 288 g/mol. The molecule has 4 heteroatoms. The summed E-state index contributed by atoms with van der Waals surface area (Å²) >= 11 is 1.47. The molecule has 0 aromatic carbocycles. The van der Waals surface area contributed by atoms with Crippen LogP contribution in [0.15, 0.2) is 34.9 Å². The number of rotatable bonds is 6. The lowest BCUT2D eigenvalue weighted by molar-refractivity contribution is -0.144. The van der Waals surface area contributed by atoms with Crippen molar-refractivity contribution >= 4 is 17.3 Å². The number of furan rings is 1. The van der Waals surface area contributed by atoms with Gasteiger partial charge in [-0.3, -0.25) is 4.79 Å². The Morgan fingerprint density at radius 3 is 2.85 bits per heavy atom. The number of hydrogen-bond acceptors (Lipinski definition) is 3. The van der Waals surface area contributed by atoms with Gasteiger partial charge in [-0.25, -0.2) is 0 Å². The van der Waals surface area contributed by atoms with Crippen LogP contribution >= 0.6 is 11.3 Å². The lowest BCUT2D eigenvalue weighted by atomic mass is 9.79. The summed E-state index contributed by atoms with van der Waals surface area (Å²) in [6.45, 7) is 1.89. The number of carboxylic acids is 1. The Morgan fingerprint density at radius 2 is 2.30 bits per heavy atom. The van der Waals surface area contributed by atoms with Gasteiger partial charge in [0.15, 0.2) is 0 Å². The zero-order valence-corrected chi connectivity index (χ0v) is 12.1. The van der Waals surface area contributed by atoms with E-state index in [4.69, 9.17) is 10.8 Å². The maximum absolute atomic E-state index is 11.9. The molecule has 0 aliphatic rings. The van der Waals surface area contributed by atoms with E-state index in [1.807, 2.05) is 25.1 Å². The van der Waals surface area contributed by atoms with E-state index in [1.165, 1.54) is 11.3 Å². The molecule has 104 valence electrons. The minimum atomic E-state index is -0.949. The van der Waals surface area contributed by atoms with Crippen LogP contribution < -0.4 is 0 Å². The Balaban J connectivity index is 2.40. The van der Waals surface area contributed by atoms with Crippen LogP contribution in [0.3, 0.4) is 0 Å². The van der Waals surface area contributed by atoms with E-state index < -0.39 is 11.4 Å². The third-order valence-electron chi connectivity index (χ3n) is 3.48. The topological polar surface area (TPSA) is 50.4 Å². The molecule has 0 saturated heterocycles. The van der Waals surface area contributed by atoms with Crippen molar-refractivity contribution in [1.82, 2.24) is 0 Å². The number of terminal acetylenes is 1. The summed E-state index contributed by atoms with van der Waals surface area (Å²) in [5.41, 5.74) is -0.949. The second-order valence-electron chi connectivity index (χ2n) is 4.64. The fourth-order valence-electron chi connectivity index (χ4n) is 2.26. The average Bonchev–Trinajstić information content (AvgIpc) is 3.07. The molecule has 2 heterocycles. The second kappa shape index (κ2) is 5.98. The molecule has 0 amide bonds. The molecule has 0 spiro atoms. The highest BCUT2D eigenvalue weighted by molar-refractivity contribution is 7.12. The molecule has 1 N–H and O–H groups in total. The van der Waals surface area contributed by atoms with Crippen molar-refractivity contribution in [2.75, 3.05) is 0 Å². The van der Waals surface area contributed by atoms with Crippen LogP contribution in [-0.4, -0.2) is 11.1 Å². The maximum Gasteiger partial charge on any atom is 0.315 e. The predicted molar refractivity (Wildman–Crippen MR) is 78.9 cm³/mol. The zero-order valence-electron chi connectivity index (χ0n) is 11.3. The van der Waals surface area contributed by atoms with E-state index in [9.17, 15) is 9.90 Å². The van der Waals surface area contributed by atoms with Gasteiger partial charge in [-0.2, -0.15) is 0 Å². The first-order valence-electron chi connectivity index (χ1n) is 6.41. The molecule has 2 rings (SSSR count). The number of aliphatic carboxylic acids is 1. The quantitative estimate of drug-likeness (QED) is 0.828. The van der Waals surface area contributed by atoms with E-state index in [2.05, 4.69) is 5.92 Å². The Bertz CT molecular complexity index is 618. The van der Waals surface area contributed by atoms with Gasteiger partial charge in [0.25, 0.3) is 0 Å². The number of thiophene rings is 1. The van der Waals surface area contributed by atoms with E-state index in [1.54, 1.807) is 12.3 Å². The van der Waals surface area contributed by atoms with Gasteiger partial charge in [0.05, 0.1) is 6.26 Å². The Labute approximate surface area is 122 Å². The maximum atomic E-state index is 11.9. The molecule has 20 heavy (non-hydrogen) atoms.